The molecule has 3 aromatic rings. The lowest BCUT2D eigenvalue weighted by molar-refractivity contribution is 0.219. The molecule has 4 rings (SSSR count). The van der Waals surface area contributed by atoms with Crippen LogP contribution in [-0.4, -0.2) is 52.3 Å². The van der Waals surface area contributed by atoms with Crippen LogP contribution >= 0.6 is 0 Å². The number of hydrogen-bond acceptors (Lipinski definition) is 5. The summed E-state index contributed by atoms with van der Waals surface area (Å²) in [4.78, 5) is 17.5. The van der Waals surface area contributed by atoms with Gasteiger partial charge in [-0.15, -0.1) is 10.2 Å². The summed E-state index contributed by atoms with van der Waals surface area (Å²) in [6.07, 6.45) is 3.53. The van der Waals surface area contributed by atoms with Gasteiger partial charge in [-0.1, -0.05) is 30.3 Å². The van der Waals surface area contributed by atoms with Gasteiger partial charge in [0.25, 0.3) is 0 Å². The molecule has 1 saturated heterocycles. The second kappa shape index (κ2) is 7.82. The Kier molecular flexibility index (Phi) is 4.91. The summed E-state index contributed by atoms with van der Waals surface area (Å²) in [6.45, 7) is 2.68. The fourth-order valence-electron chi connectivity index (χ4n) is 3.08. The van der Waals surface area contributed by atoms with E-state index in [1.807, 2.05) is 48.5 Å². The molecule has 2 amide bonds. The normalized spacial score (nSPS) is 13.5. The average molecular weight is 360 g/mol. The summed E-state index contributed by atoms with van der Waals surface area (Å²) in [5.74, 6) is 0.682. The summed E-state index contributed by atoms with van der Waals surface area (Å²) in [5, 5.41) is 14.9. The fraction of sp³-hybridized carbons (Fsp3) is 0.200. The summed E-state index contributed by atoms with van der Waals surface area (Å²) in [7, 11) is 0. The van der Waals surface area contributed by atoms with Gasteiger partial charge in [0.2, 0.25) is 0 Å². The van der Waals surface area contributed by atoms with Crippen molar-refractivity contribution in [2.24, 2.45) is 0 Å². The molecule has 0 bridgehead atoms. The minimum Gasteiger partial charge on any atom is -0.367 e. The molecular formula is C20H20N6O. The van der Waals surface area contributed by atoms with Gasteiger partial charge in [0, 0.05) is 49.7 Å². The molecule has 3 heterocycles. The number of benzene rings is 1. The zero-order chi connectivity index (χ0) is 18.5. The SMILES string of the molecule is O=C1NCCN1CCNc1cc(-c2ccncc2)c(-c2ccccc2)nn1. The molecule has 0 atom stereocenters. The molecular weight excluding hydrogens is 340 g/mol. The molecule has 0 unspecified atom stereocenters. The Morgan fingerprint density at radius 2 is 1.85 bits per heavy atom. The smallest absolute Gasteiger partial charge is 0.317 e. The van der Waals surface area contributed by atoms with Gasteiger partial charge in [0.1, 0.15) is 11.5 Å². The van der Waals surface area contributed by atoms with E-state index in [9.17, 15) is 4.79 Å². The van der Waals surface area contributed by atoms with Gasteiger partial charge in [0.15, 0.2) is 0 Å². The molecule has 136 valence electrons. The van der Waals surface area contributed by atoms with Crippen LogP contribution in [0.4, 0.5) is 10.6 Å². The first-order chi connectivity index (χ1) is 13.3. The second-order valence-corrected chi connectivity index (χ2v) is 6.24. The predicted octanol–water partition coefficient (Wildman–Crippen LogP) is 2.64. The van der Waals surface area contributed by atoms with Crippen molar-refractivity contribution >= 4 is 11.8 Å². The molecule has 1 aliphatic heterocycles. The summed E-state index contributed by atoms with van der Waals surface area (Å²) in [5.41, 5.74) is 3.85. The molecule has 0 aliphatic carbocycles. The number of pyridine rings is 1. The van der Waals surface area contributed by atoms with E-state index in [1.54, 1.807) is 17.3 Å². The van der Waals surface area contributed by atoms with Crippen molar-refractivity contribution in [1.82, 2.24) is 25.4 Å². The largest absolute Gasteiger partial charge is 0.367 e. The summed E-state index contributed by atoms with van der Waals surface area (Å²) >= 11 is 0. The molecule has 7 heteroatoms. The highest BCUT2D eigenvalue weighted by atomic mass is 16.2. The van der Waals surface area contributed by atoms with E-state index in [1.165, 1.54) is 0 Å². The fourth-order valence-corrected chi connectivity index (χ4v) is 3.08. The highest BCUT2D eigenvalue weighted by Gasteiger charge is 2.18. The molecule has 1 fully saturated rings. The number of urea groups is 1. The first-order valence-electron chi connectivity index (χ1n) is 8.91. The third kappa shape index (κ3) is 3.87. The van der Waals surface area contributed by atoms with Gasteiger partial charge >= 0.3 is 6.03 Å². The first kappa shape index (κ1) is 17.0. The van der Waals surface area contributed by atoms with E-state index >= 15 is 0 Å². The number of carbonyl (C=O) groups is 1. The van der Waals surface area contributed by atoms with Crippen LogP contribution in [0.15, 0.2) is 60.9 Å². The third-order valence-corrected chi connectivity index (χ3v) is 4.47. The number of carbonyl (C=O) groups excluding carboxylic acids is 1. The Morgan fingerprint density at radius 1 is 1.04 bits per heavy atom. The molecule has 2 aromatic heterocycles. The van der Waals surface area contributed by atoms with Crippen LogP contribution < -0.4 is 10.6 Å². The quantitative estimate of drug-likeness (QED) is 0.706. The number of amides is 2. The molecule has 0 radical (unpaired) electrons. The van der Waals surface area contributed by atoms with Crippen LogP contribution in [0.5, 0.6) is 0 Å². The highest BCUT2D eigenvalue weighted by molar-refractivity contribution is 5.81. The Bertz CT molecular complexity index is 916. The van der Waals surface area contributed by atoms with Gasteiger partial charge in [-0.05, 0) is 23.8 Å². The van der Waals surface area contributed by atoms with Crippen molar-refractivity contribution in [3.05, 3.63) is 60.9 Å². The van der Waals surface area contributed by atoms with Gasteiger partial charge in [0.05, 0.1) is 0 Å². The molecule has 0 saturated carbocycles. The van der Waals surface area contributed by atoms with Crippen molar-refractivity contribution in [1.29, 1.82) is 0 Å². The molecule has 2 N–H and O–H groups in total. The van der Waals surface area contributed by atoms with Gasteiger partial charge in [-0.3, -0.25) is 4.98 Å². The maximum absolute atomic E-state index is 11.6. The zero-order valence-corrected chi connectivity index (χ0v) is 14.8. The van der Waals surface area contributed by atoms with Crippen molar-refractivity contribution in [2.75, 3.05) is 31.5 Å². The van der Waals surface area contributed by atoms with Gasteiger partial charge in [-0.25, -0.2) is 4.79 Å². The number of anilines is 1. The number of nitrogens with one attached hydrogen (secondary N) is 2. The average Bonchev–Trinajstić information content (AvgIpc) is 3.14. The van der Waals surface area contributed by atoms with Crippen molar-refractivity contribution in [3.63, 3.8) is 0 Å². The van der Waals surface area contributed by atoms with E-state index < -0.39 is 0 Å². The maximum Gasteiger partial charge on any atom is 0.317 e. The van der Waals surface area contributed by atoms with Crippen LogP contribution in [0.1, 0.15) is 0 Å². The lowest BCUT2D eigenvalue weighted by Crippen LogP contribution is -2.32. The van der Waals surface area contributed by atoms with Crippen LogP contribution in [0, 0.1) is 0 Å². The van der Waals surface area contributed by atoms with Crippen LogP contribution in [0.2, 0.25) is 0 Å². The number of rotatable bonds is 6. The highest BCUT2D eigenvalue weighted by Crippen LogP contribution is 2.30. The van der Waals surface area contributed by atoms with Crippen molar-refractivity contribution in [2.45, 2.75) is 0 Å². The maximum atomic E-state index is 11.6. The minimum absolute atomic E-state index is 0.0141. The molecule has 7 nitrogen and oxygen atoms in total. The molecule has 0 spiro atoms. The Balaban J connectivity index is 1.58. The van der Waals surface area contributed by atoms with E-state index in [0.29, 0.717) is 25.5 Å². The lowest BCUT2D eigenvalue weighted by atomic mass is 10.0. The van der Waals surface area contributed by atoms with Crippen LogP contribution in [0.25, 0.3) is 22.4 Å². The summed E-state index contributed by atoms with van der Waals surface area (Å²) < 4.78 is 0. The Labute approximate surface area is 157 Å². The molecule has 1 aliphatic rings. The van der Waals surface area contributed by atoms with Crippen LogP contribution in [0.3, 0.4) is 0 Å². The van der Waals surface area contributed by atoms with Crippen molar-refractivity contribution in [3.8, 4) is 22.4 Å². The number of aromatic nitrogens is 3. The summed E-state index contributed by atoms with van der Waals surface area (Å²) in [6, 6.07) is 15.9. The predicted molar refractivity (Wildman–Crippen MR) is 104 cm³/mol. The standard InChI is InChI=1S/C20H20N6O/c27-20-23-11-13-26(20)12-10-22-18-14-17(15-6-8-21-9-7-15)19(25-24-18)16-4-2-1-3-5-16/h1-9,14H,10-13H2,(H,22,24)(H,23,27). The second-order valence-electron chi connectivity index (χ2n) is 6.24. The zero-order valence-electron chi connectivity index (χ0n) is 14.8. The van der Waals surface area contributed by atoms with E-state index in [-0.39, 0.29) is 6.03 Å². The number of nitrogens with zero attached hydrogens (tertiary/aromatic N) is 4. The van der Waals surface area contributed by atoms with E-state index in [0.717, 1.165) is 28.9 Å². The van der Waals surface area contributed by atoms with Crippen LogP contribution in [-0.2, 0) is 0 Å². The van der Waals surface area contributed by atoms with Gasteiger partial charge < -0.3 is 15.5 Å². The van der Waals surface area contributed by atoms with Gasteiger partial charge in [-0.2, -0.15) is 0 Å². The topological polar surface area (TPSA) is 83.0 Å². The Morgan fingerprint density at radius 3 is 2.59 bits per heavy atom. The molecule has 27 heavy (non-hydrogen) atoms. The first-order valence-corrected chi connectivity index (χ1v) is 8.91. The van der Waals surface area contributed by atoms with E-state index in [2.05, 4.69) is 25.8 Å². The molecule has 1 aromatic carbocycles. The number of hydrogen-bond donors (Lipinski definition) is 2. The minimum atomic E-state index is -0.0141. The Hall–Kier alpha value is -3.48. The monoisotopic (exact) mass is 360 g/mol. The lowest BCUT2D eigenvalue weighted by Gasteiger charge is -2.15. The third-order valence-electron chi connectivity index (χ3n) is 4.47. The van der Waals surface area contributed by atoms with Crippen molar-refractivity contribution < 1.29 is 4.79 Å². The van der Waals surface area contributed by atoms with E-state index in [4.69, 9.17) is 0 Å².